The summed E-state index contributed by atoms with van der Waals surface area (Å²) in [4.78, 5) is 4.40. The van der Waals surface area contributed by atoms with Crippen molar-refractivity contribution in [2.24, 2.45) is 16.6 Å². The molecular weight excluding hydrogens is 464 g/mol. The molecule has 1 heterocycles. The van der Waals surface area contributed by atoms with Crippen molar-refractivity contribution in [1.29, 1.82) is 0 Å². The first-order chi connectivity index (χ1) is 17.9. The maximum Gasteiger partial charge on any atom is 0.0571 e. The molecule has 1 aliphatic carbocycles. The third kappa shape index (κ3) is 9.94. The third-order valence-electron chi connectivity index (χ3n) is 7.74. The fraction of sp³-hybridized carbons (Fsp3) is 0.571. The van der Waals surface area contributed by atoms with Crippen LogP contribution in [0.5, 0.6) is 0 Å². The summed E-state index contributed by atoms with van der Waals surface area (Å²) >= 11 is 0. The number of terminal acetylenes is 1. The minimum Gasteiger partial charge on any atom is -0.381 e. The van der Waals surface area contributed by atoms with Crippen LogP contribution in [-0.4, -0.2) is 24.7 Å². The summed E-state index contributed by atoms with van der Waals surface area (Å²) in [6.45, 7) is 22.5. The molecule has 0 aliphatic heterocycles. The van der Waals surface area contributed by atoms with E-state index in [0.717, 1.165) is 30.5 Å². The van der Waals surface area contributed by atoms with Gasteiger partial charge in [-0.25, -0.2) is 0 Å². The van der Waals surface area contributed by atoms with E-state index in [2.05, 4.69) is 102 Å². The highest BCUT2D eigenvalue weighted by molar-refractivity contribution is 5.66. The van der Waals surface area contributed by atoms with E-state index >= 15 is 0 Å². The lowest BCUT2D eigenvalue weighted by Crippen LogP contribution is -2.43. The average molecular weight is 519 g/mol. The lowest BCUT2D eigenvalue weighted by atomic mass is 9.56. The Balaban J connectivity index is 0.00000119. The molecule has 0 bridgehead atoms. The number of aryl methyl sites for hydroxylation is 1. The predicted octanol–water partition coefficient (Wildman–Crippen LogP) is 8.57. The van der Waals surface area contributed by atoms with Gasteiger partial charge >= 0.3 is 0 Å². The Morgan fingerprint density at radius 3 is 2.05 bits per heavy atom. The molecule has 1 aromatic heterocycles. The monoisotopic (exact) mass is 518 g/mol. The smallest absolute Gasteiger partial charge is 0.0571 e. The van der Waals surface area contributed by atoms with Crippen LogP contribution in [0.4, 0.5) is 0 Å². The van der Waals surface area contributed by atoms with Crippen molar-refractivity contribution in [2.45, 2.75) is 106 Å². The van der Waals surface area contributed by atoms with Crippen molar-refractivity contribution in [2.75, 3.05) is 13.7 Å². The fourth-order valence-electron chi connectivity index (χ4n) is 4.70. The van der Waals surface area contributed by atoms with Gasteiger partial charge in [0.2, 0.25) is 0 Å². The summed E-state index contributed by atoms with van der Waals surface area (Å²) in [5, 5.41) is 0. The van der Waals surface area contributed by atoms with Crippen molar-refractivity contribution >= 4 is 0 Å². The number of hydrogen-bond acceptors (Lipinski definition) is 3. The minimum absolute atomic E-state index is 0.0834. The molecule has 1 saturated carbocycles. The topological polar surface area (TPSA) is 48.1 Å². The van der Waals surface area contributed by atoms with Crippen molar-refractivity contribution in [3.8, 4) is 35.8 Å². The zero-order valence-electron chi connectivity index (χ0n) is 26.2. The van der Waals surface area contributed by atoms with Crippen molar-refractivity contribution in [1.82, 2.24) is 4.98 Å². The molecule has 3 heteroatoms. The number of pyridine rings is 1. The largest absolute Gasteiger partial charge is 0.381 e. The van der Waals surface area contributed by atoms with Crippen LogP contribution in [0.2, 0.25) is 0 Å². The molecule has 1 fully saturated rings. The Labute approximate surface area is 235 Å². The Hall–Kier alpha value is -2.59. The highest BCUT2D eigenvalue weighted by Gasteiger charge is 2.45. The number of benzene rings is 1. The molecular formula is C35H54N2O. The predicted molar refractivity (Wildman–Crippen MR) is 167 cm³/mol. The SMILES string of the molecule is C#C.CC.CC#Cc1cncc(-c2ccc(C)c(C(C)(C)C3(C)CCC(OC)CC3)c2)c1.CC(C)(C)CN. The summed E-state index contributed by atoms with van der Waals surface area (Å²) in [5.74, 6) is 6.08. The number of methoxy groups -OCH3 is 1. The van der Waals surface area contributed by atoms with Crippen LogP contribution in [-0.2, 0) is 10.2 Å². The zero-order chi connectivity index (χ0) is 29.6. The lowest BCUT2D eigenvalue weighted by Gasteiger charge is -2.49. The second-order valence-corrected chi connectivity index (χ2v) is 11.8. The summed E-state index contributed by atoms with van der Waals surface area (Å²) in [6.07, 6.45) is 16.9. The average Bonchev–Trinajstić information content (AvgIpc) is 2.92. The van der Waals surface area contributed by atoms with Crippen molar-refractivity contribution < 1.29 is 4.74 Å². The Bertz CT molecular complexity index is 1040. The third-order valence-corrected chi connectivity index (χ3v) is 7.74. The fourth-order valence-corrected chi connectivity index (χ4v) is 4.70. The van der Waals surface area contributed by atoms with Gasteiger partial charge in [0.25, 0.3) is 0 Å². The molecule has 2 N–H and O–H groups in total. The van der Waals surface area contributed by atoms with Gasteiger partial charge in [0.15, 0.2) is 0 Å². The summed E-state index contributed by atoms with van der Waals surface area (Å²) < 4.78 is 5.62. The van der Waals surface area contributed by atoms with Gasteiger partial charge in [-0.1, -0.05) is 79.5 Å². The van der Waals surface area contributed by atoms with E-state index in [4.69, 9.17) is 10.5 Å². The van der Waals surface area contributed by atoms with Crippen LogP contribution in [0, 0.1) is 42.4 Å². The molecule has 0 saturated heterocycles. The summed E-state index contributed by atoms with van der Waals surface area (Å²) in [6, 6.07) is 8.98. The number of nitrogens with zero attached hydrogens (tertiary/aromatic N) is 1. The van der Waals surface area contributed by atoms with E-state index in [0.29, 0.717) is 11.5 Å². The molecule has 3 nitrogen and oxygen atoms in total. The van der Waals surface area contributed by atoms with Gasteiger partial charge in [0.05, 0.1) is 6.10 Å². The summed E-state index contributed by atoms with van der Waals surface area (Å²) in [7, 11) is 1.84. The first-order valence-electron chi connectivity index (χ1n) is 13.9. The van der Waals surface area contributed by atoms with Gasteiger partial charge in [-0.3, -0.25) is 4.98 Å². The lowest BCUT2D eigenvalue weighted by molar-refractivity contribution is 0.00533. The van der Waals surface area contributed by atoms with Crippen molar-refractivity contribution in [3.05, 3.63) is 53.3 Å². The van der Waals surface area contributed by atoms with E-state index in [9.17, 15) is 0 Å². The van der Waals surface area contributed by atoms with Gasteiger partial charge < -0.3 is 10.5 Å². The van der Waals surface area contributed by atoms with Crippen LogP contribution in [0.25, 0.3) is 11.1 Å². The maximum absolute atomic E-state index is 5.62. The molecule has 0 unspecified atom stereocenters. The molecule has 3 rings (SSSR count). The molecule has 0 amide bonds. The second-order valence-electron chi connectivity index (χ2n) is 11.8. The molecule has 0 spiro atoms. The van der Waals surface area contributed by atoms with Gasteiger partial charge in [-0.05, 0) is 85.1 Å². The number of ether oxygens (including phenoxy) is 1. The molecule has 0 radical (unpaired) electrons. The van der Waals surface area contributed by atoms with Crippen LogP contribution in [0.3, 0.4) is 0 Å². The van der Waals surface area contributed by atoms with Crippen LogP contribution >= 0.6 is 0 Å². The maximum atomic E-state index is 5.62. The standard InChI is InChI=1S/C26H33NO.C5H13N.C2H6.C2H2/c1-7-8-20-15-22(18-27-17-20)21-10-9-19(2)24(16-21)25(3,4)26(5)13-11-23(28-6)12-14-26;1-5(2,3)4-6;2*1-2/h9-10,15-18,23H,11-14H2,1-6H3;4,6H2,1-3H3;1-2H3;1-2H. The zero-order valence-corrected chi connectivity index (χ0v) is 26.2. The van der Waals surface area contributed by atoms with Gasteiger partial charge in [0, 0.05) is 30.6 Å². The first kappa shape index (κ1) is 35.4. The van der Waals surface area contributed by atoms with Gasteiger partial charge in [-0.15, -0.1) is 18.8 Å². The molecule has 210 valence electrons. The quantitative estimate of drug-likeness (QED) is 0.412. The summed E-state index contributed by atoms with van der Waals surface area (Å²) in [5.41, 5.74) is 12.1. The second kappa shape index (κ2) is 16.4. The number of rotatable bonds is 4. The number of hydrogen-bond donors (Lipinski definition) is 1. The van der Waals surface area contributed by atoms with E-state index in [1.807, 2.05) is 40.3 Å². The highest BCUT2D eigenvalue weighted by Crippen LogP contribution is 2.52. The normalized spacial score (nSPS) is 18.6. The molecule has 1 aliphatic rings. The van der Waals surface area contributed by atoms with E-state index in [1.165, 1.54) is 29.5 Å². The van der Waals surface area contributed by atoms with E-state index in [1.54, 1.807) is 0 Å². The molecule has 38 heavy (non-hydrogen) atoms. The molecule has 1 aromatic carbocycles. The van der Waals surface area contributed by atoms with Gasteiger partial charge in [-0.2, -0.15) is 0 Å². The Morgan fingerprint density at radius 1 is 1.03 bits per heavy atom. The van der Waals surface area contributed by atoms with Crippen LogP contribution in [0.15, 0.2) is 36.7 Å². The molecule has 0 atom stereocenters. The number of nitrogens with two attached hydrogens (primary N) is 1. The number of aromatic nitrogens is 1. The van der Waals surface area contributed by atoms with Crippen molar-refractivity contribution in [3.63, 3.8) is 0 Å². The minimum atomic E-state index is 0.0834. The van der Waals surface area contributed by atoms with Crippen LogP contribution in [0.1, 0.15) is 105 Å². The van der Waals surface area contributed by atoms with Crippen LogP contribution < -0.4 is 5.73 Å². The van der Waals surface area contributed by atoms with E-state index in [-0.39, 0.29) is 10.8 Å². The molecule has 2 aromatic rings. The Kier molecular flexibility index (Phi) is 15.3. The Morgan fingerprint density at radius 2 is 1.58 bits per heavy atom. The van der Waals surface area contributed by atoms with Gasteiger partial charge in [0.1, 0.15) is 0 Å². The first-order valence-corrected chi connectivity index (χ1v) is 13.9. The van der Waals surface area contributed by atoms with E-state index < -0.39 is 0 Å². The highest BCUT2D eigenvalue weighted by atomic mass is 16.5.